The molecule has 0 radical (unpaired) electrons. The second-order valence-electron chi connectivity index (χ2n) is 8.20. The number of aromatic nitrogens is 1. The maximum Gasteiger partial charge on any atom is 0.251 e. The molecule has 4 N–H and O–H groups in total. The molecule has 0 atom stereocenters. The fraction of sp³-hybridized carbons (Fsp3) is 0.304. The van der Waals surface area contributed by atoms with Gasteiger partial charge in [-0.15, -0.1) is 11.3 Å². The number of morpholine rings is 1. The van der Waals surface area contributed by atoms with Crippen molar-refractivity contribution in [2.24, 2.45) is 5.73 Å². The molecule has 0 bridgehead atoms. The third-order valence-electron chi connectivity index (χ3n) is 5.30. The molecule has 10 heteroatoms. The van der Waals surface area contributed by atoms with Crippen LogP contribution >= 0.6 is 11.3 Å². The summed E-state index contributed by atoms with van der Waals surface area (Å²) in [7, 11) is 0. The van der Waals surface area contributed by atoms with Crippen LogP contribution in [0.25, 0.3) is 10.4 Å². The van der Waals surface area contributed by atoms with Gasteiger partial charge in [-0.25, -0.2) is 13.8 Å². The predicted octanol–water partition coefficient (Wildman–Crippen LogP) is 3.99. The van der Waals surface area contributed by atoms with Gasteiger partial charge in [0.2, 0.25) is 0 Å². The molecule has 174 valence electrons. The minimum atomic E-state index is -1.40. The summed E-state index contributed by atoms with van der Waals surface area (Å²) in [4.78, 5) is 18.9. The molecule has 2 aromatic heterocycles. The van der Waals surface area contributed by atoms with E-state index in [9.17, 15) is 18.7 Å². The van der Waals surface area contributed by atoms with Crippen molar-refractivity contribution in [2.45, 2.75) is 19.4 Å². The van der Waals surface area contributed by atoms with E-state index in [-0.39, 0.29) is 21.6 Å². The molecular formula is C23H24F2N4O3S. The Morgan fingerprint density at radius 2 is 1.88 bits per heavy atom. The molecule has 1 aliphatic heterocycles. The van der Waals surface area contributed by atoms with Crippen LogP contribution in [0.2, 0.25) is 0 Å². The Balaban J connectivity index is 1.68. The predicted molar refractivity (Wildman–Crippen MR) is 124 cm³/mol. The van der Waals surface area contributed by atoms with Crippen LogP contribution in [-0.4, -0.2) is 42.3 Å². The van der Waals surface area contributed by atoms with Gasteiger partial charge in [0.15, 0.2) is 0 Å². The minimum Gasteiger partial charge on any atom is -0.386 e. The van der Waals surface area contributed by atoms with E-state index in [1.54, 1.807) is 6.07 Å². The number of nitrogens with zero attached hydrogens (tertiary/aromatic N) is 2. The number of halogens is 2. The quantitative estimate of drug-likeness (QED) is 0.499. The molecule has 3 heterocycles. The number of carbonyl (C=O) groups is 1. The first-order chi connectivity index (χ1) is 15.6. The van der Waals surface area contributed by atoms with Crippen molar-refractivity contribution in [3.8, 4) is 10.4 Å². The Kier molecular flexibility index (Phi) is 6.33. The second kappa shape index (κ2) is 9.05. The highest BCUT2D eigenvalue weighted by Crippen LogP contribution is 2.40. The standard InChI is InChI=1S/C23H24F2N4O3S/c1-23(2,31)13-10-15(24)20(16(25)11-13)17-12-14(21(26)30)22(33-17)28-18-4-3-5-19(27-18)29-6-8-32-9-7-29/h3-5,10-12,31H,6-9H2,1-2H3,(H2,26,30)(H,27,28). The summed E-state index contributed by atoms with van der Waals surface area (Å²) in [5.41, 5.74) is 4.03. The third kappa shape index (κ3) is 4.97. The third-order valence-corrected chi connectivity index (χ3v) is 6.37. The number of nitrogens with two attached hydrogens (primary N) is 1. The van der Waals surface area contributed by atoms with E-state index >= 15 is 0 Å². The Labute approximate surface area is 193 Å². The summed E-state index contributed by atoms with van der Waals surface area (Å²) in [6.45, 7) is 5.54. The molecule has 4 rings (SSSR count). The zero-order chi connectivity index (χ0) is 23.8. The van der Waals surface area contributed by atoms with Gasteiger partial charge in [0.1, 0.15) is 28.3 Å². The van der Waals surface area contributed by atoms with Crippen molar-refractivity contribution in [3.63, 3.8) is 0 Å². The number of anilines is 3. The van der Waals surface area contributed by atoms with Crippen LogP contribution in [0.5, 0.6) is 0 Å². The number of hydrogen-bond acceptors (Lipinski definition) is 7. The number of primary amides is 1. The average Bonchev–Trinajstić information content (AvgIpc) is 3.17. The van der Waals surface area contributed by atoms with E-state index < -0.39 is 23.1 Å². The molecule has 7 nitrogen and oxygen atoms in total. The first-order valence-corrected chi connectivity index (χ1v) is 11.2. The first-order valence-electron chi connectivity index (χ1n) is 10.4. The molecule has 1 saturated heterocycles. The molecule has 1 aromatic carbocycles. The van der Waals surface area contributed by atoms with Crippen LogP contribution in [-0.2, 0) is 10.3 Å². The van der Waals surface area contributed by atoms with Crippen LogP contribution in [0, 0.1) is 11.6 Å². The fourth-order valence-electron chi connectivity index (χ4n) is 3.53. The number of aliphatic hydroxyl groups is 1. The summed E-state index contributed by atoms with van der Waals surface area (Å²) < 4.78 is 35.1. The van der Waals surface area contributed by atoms with Gasteiger partial charge in [-0.3, -0.25) is 4.79 Å². The van der Waals surface area contributed by atoms with E-state index in [0.717, 1.165) is 29.3 Å². The molecule has 33 heavy (non-hydrogen) atoms. The maximum atomic E-state index is 14.8. The Morgan fingerprint density at radius 3 is 2.48 bits per heavy atom. The molecular weight excluding hydrogens is 450 g/mol. The molecule has 0 spiro atoms. The van der Waals surface area contributed by atoms with Crippen LogP contribution < -0.4 is 16.0 Å². The Hall–Kier alpha value is -3.08. The van der Waals surface area contributed by atoms with Crippen LogP contribution in [0.4, 0.5) is 25.4 Å². The fourth-order valence-corrected chi connectivity index (χ4v) is 4.65. The van der Waals surface area contributed by atoms with E-state index in [1.807, 2.05) is 12.1 Å². The van der Waals surface area contributed by atoms with E-state index in [0.29, 0.717) is 37.1 Å². The minimum absolute atomic E-state index is 0.0962. The molecule has 0 aliphatic carbocycles. The highest BCUT2D eigenvalue weighted by molar-refractivity contribution is 7.20. The molecule has 1 amide bonds. The second-order valence-corrected chi connectivity index (χ2v) is 9.25. The smallest absolute Gasteiger partial charge is 0.251 e. The number of rotatable bonds is 6. The molecule has 1 fully saturated rings. The summed E-state index contributed by atoms with van der Waals surface area (Å²) in [5.74, 6) is -1.21. The number of amides is 1. The van der Waals surface area contributed by atoms with Gasteiger partial charge in [0.25, 0.3) is 5.91 Å². The van der Waals surface area contributed by atoms with Crippen LogP contribution in [0.3, 0.4) is 0 Å². The molecule has 0 unspecified atom stereocenters. The van der Waals surface area contributed by atoms with Gasteiger partial charge in [-0.05, 0) is 49.7 Å². The summed E-state index contributed by atoms with van der Waals surface area (Å²) in [6.07, 6.45) is 0. The number of carbonyl (C=O) groups excluding carboxylic acids is 1. The van der Waals surface area contributed by atoms with Gasteiger partial charge >= 0.3 is 0 Å². The van der Waals surface area contributed by atoms with Crippen molar-refractivity contribution >= 4 is 33.9 Å². The van der Waals surface area contributed by atoms with Crippen molar-refractivity contribution in [2.75, 3.05) is 36.5 Å². The van der Waals surface area contributed by atoms with Crippen molar-refractivity contribution < 1.29 is 23.4 Å². The normalized spacial score (nSPS) is 14.4. The number of hydrogen-bond donors (Lipinski definition) is 3. The van der Waals surface area contributed by atoms with Crippen molar-refractivity contribution in [1.29, 1.82) is 0 Å². The largest absolute Gasteiger partial charge is 0.386 e. The number of ether oxygens (including phenoxy) is 1. The number of thiophene rings is 1. The Morgan fingerprint density at radius 1 is 1.21 bits per heavy atom. The van der Waals surface area contributed by atoms with Gasteiger partial charge < -0.3 is 25.8 Å². The van der Waals surface area contributed by atoms with Crippen molar-refractivity contribution in [1.82, 2.24) is 4.98 Å². The first kappa shape index (κ1) is 23.1. The average molecular weight is 475 g/mol. The maximum absolute atomic E-state index is 14.8. The number of nitrogens with one attached hydrogen (secondary N) is 1. The lowest BCUT2D eigenvalue weighted by atomic mass is 9.96. The van der Waals surface area contributed by atoms with Gasteiger partial charge in [0.05, 0.1) is 29.9 Å². The van der Waals surface area contributed by atoms with Crippen LogP contribution in [0.15, 0.2) is 36.4 Å². The Bertz CT molecular complexity index is 1160. The summed E-state index contributed by atoms with van der Waals surface area (Å²) in [5, 5.41) is 13.5. The van der Waals surface area contributed by atoms with E-state index in [4.69, 9.17) is 10.5 Å². The van der Waals surface area contributed by atoms with Gasteiger partial charge in [-0.1, -0.05) is 6.07 Å². The lowest BCUT2D eigenvalue weighted by molar-refractivity contribution is 0.0778. The highest BCUT2D eigenvalue weighted by Gasteiger charge is 2.24. The van der Waals surface area contributed by atoms with Crippen LogP contribution in [0.1, 0.15) is 29.8 Å². The zero-order valence-electron chi connectivity index (χ0n) is 18.2. The lowest BCUT2D eigenvalue weighted by Gasteiger charge is -2.28. The SMILES string of the molecule is CC(C)(O)c1cc(F)c(-c2cc(C(N)=O)c(Nc3cccc(N4CCOCC4)n3)s2)c(F)c1. The molecule has 0 saturated carbocycles. The zero-order valence-corrected chi connectivity index (χ0v) is 19.0. The number of benzene rings is 1. The van der Waals surface area contributed by atoms with Gasteiger partial charge in [-0.2, -0.15) is 0 Å². The molecule has 1 aliphatic rings. The lowest BCUT2D eigenvalue weighted by Crippen LogP contribution is -2.36. The summed E-state index contributed by atoms with van der Waals surface area (Å²) >= 11 is 0.991. The van der Waals surface area contributed by atoms with E-state index in [2.05, 4.69) is 15.2 Å². The van der Waals surface area contributed by atoms with Crippen molar-refractivity contribution in [3.05, 3.63) is 59.2 Å². The van der Waals surface area contributed by atoms with Gasteiger partial charge in [0, 0.05) is 18.0 Å². The van der Waals surface area contributed by atoms with E-state index in [1.165, 1.54) is 19.9 Å². The highest BCUT2D eigenvalue weighted by atomic mass is 32.1. The summed E-state index contributed by atoms with van der Waals surface area (Å²) in [6, 6.07) is 8.96. The monoisotopic (exact) mass is 474 g/mol. The topological polar surface area (TPSA) is 101 Å². The molecule has 3 aromatic rings. The number of pyridine rings is 1.